The number of rotatable bonds is 5. The van der Waals surface area contributed by atoms with Crippen LogP contribution in [0.5, 0.6) is 0 Å². The fraction of sp³-hybridized carbons (Fsp3) is 0.438. The zero-order valence-corrected chi connectivity index (χ0v) is 11.9. The number of hydrogen-bond acceptors (Lipinski definition) is 3. The normalized spacial score (nSPS) is 18.4. The maximum absolute atomic E-state index is 5.55. The molecule has 0 saturated carbocycles. The molecule has 0 spiro atoms. The molecule has 1 aliphatic heterocycles. The number of aryl methyl sites for hydroxylation is 1. The van der Waals surface area contributed by atoms with Gasteiger partial charge in [0.25, 0.3) is 0 Å². The summed E-state index contributed by atoms with van der Waals surface area (Å²) in [5.41, 5.74) is 2.29. The highest BCUT2D eigenvalue weighted by molar-refractivity contribution is 5.75. The van der Waals surface area contributed by atoms with Crippen molar-refractivity contribution in [2.75, 3.05) is 13.1 Å². The Morgan fingerprint density at radius 2 is 2.30 bits per heavy atom. The van der Waals surface area contributed by atoms with Crippen molar-refractivity contribution >= 4 is 11.0 Å². The third-order valence-electron chi connectivity index (χ3n) is 3.75. The first-order chi connectivity index (χ1) is 9.84. The molecule has 4 heteroatoms. The van der Waals surface area contributed by atoms with Crippen LogP contribution in [0.3, 0.4) is 0 Å². The predicted octanol–water partition coefficient (Wildman–Crippen LogP) is 2.63. The van der Waals surface area contributed by atoms with Crippen LogP contribution in [-0.2, 0) is 11.3 Å². The monoisotopic (exact) mass is 271 g/mol. The minimum absolute atomic E-state index is 0.320. The molecule has 1 aliphatic rings. The Kier molecular flexibility index (Phi) is 4.02. The fourth-order valence-electron chi connectivity index (χ4n) is 2.67. The van der Waals surface area contributed by atoms with E-state index in [1.165, 1.54) is 5.52 Å². The standard InChI is InChI=1S/C16H21N3O/c1-13-18-15-7-2-3-8-16(15)19(13)10-9-17-12-14-6-4-5-11-20-14/h2-3,5,7-8,11,14,17H,4,6,9-10,12H2,1H3/t14-/m0/s1. The summed E-state index contributed by atoms with van der Waals surface area (Å²) in [4.78, 5) is 4.58. The van der Waals surface area contributed by atoms with Gasteiger partial charge in [0.05, 0.1) is 17.3 Å². The maximum Gasteiger partial charge on any atom is 0.110 e. The fourth-order valence-corrected chi connectivity index (χ4v) is 2.67. The molecule has 2 heterocycles. The molecular formula is C16H21N3O. The van der Waals surface area contributed by atoms with Crippen molar-refractivity contribution in [1.82, 2.24) is 14.9 Å². The van der Waals surface area contributed by atoms with Gasteiger partial charge in [-0.15, -0.1) is 0 Å². The Bertz CT molecular complexity index is 603. The van der Waals surface area contributed by atoms with Crippen molar-refractivity contribution < 1.29 is 4.74 Å². The van der Waals surface area contributed by atoms with Crippen LogP contribution in [0.2, 0.25) is 0 Å². The first kappa shape index (κ1) is 13.2. The van der Waals surface area contributed by atoms with E-state index in [1.807, 2.05) is 12.3 Å². The molecule has 0 aliphatic carbocycles. The Balaban J connectivity index is 1.54. The minimum Gasteiger partial charge on any atom is -0.497 e. The summed E-state index contributed by atoms with van der Waals surface area (Å²) in [7, 11) is 0. The largest absolute Gasteiger partial charge is 0.497 e. The lowest BCUT2D eigenvalue weighted by Gasteiger charge is -2.19. The lowest BCUT2D eigenvalue weighted by molar-refractivity contribution is 0.122. The van der Waals surface area contributed by atoms with Crippen LogP contribution < -0.4 is 5.32 Å². The predicted molar refractivity (Wildman–Crippen MR) is 80.6 cm³/mol. The number of aromatic nitrogens is 2. The smallest absolute Gasteiger partial charge is 0.110 e. The third kappa shape index (κ3) is 2.85. The summed E-state index contributed by atoms with van der Waals surface area (Å²) in [5, 5.41) is 3.48. The second kappa shape index (κ2) is 6.09. The first-order valence-electron chi connectivity index (χ1n) is 7.27. The van der Waals surface area contributed by atoms with Gasteiger partial charge in [-0.05, 0) is 38.0 Å². The minimum atomic E-state index is 0.320. The molecule has 2 aromatic rings. The second-order valence-corrected chi connectivity index (χ2v) is 5.21. The topological polar surface area (TPSA) is 39.1 Å². The number of imidazole rings is 1. The molecule has 0 amide bonds. The molecule has 0 bridgehead atoms. The van der Waals surface area contributed by atoms with Crippen LogP contribution >= 0.6 is 0 Å². The number of nitrogens with one attached hydrogen (secondary N) is 1. The third-order valence-corrected chi connectivity index (χ3v) is 3.75. The number of hydrogen-bond donors (Lipinski definition) is 1. The average molecular weight is 271 g/mol. The van der Waals surface area contributed by atoms with Crippen LogP contribution in [0.15, 0.2) is 36.6 Å². The van der Waals surface area contributed by atoms with E-state index in [0.29, 0.717) is 6.10 Å². The number of ether oxygens (including phenoxy) is 1. The Labute approximate surface area is 119 Å². The summed E-state index contributed by atoms with van der Waals surface area (Å²) in [6.07, 6.45) is 6.45. The quantitative estimate of drug-likeness (QED) is 0.850. The van der Waals surface area contributed by atoms with Crippen LogP contribution in [0.1, 0.15) is 18.7 Å². The Hall–Kier alpha value is -1.81. The lowest BCUT2D eigenvalue weighted by atomic mass is 10.1. The zero-order chi connectivity index (χ0) is 13.8. The molecule has 1 atom stereocenters. The number of fused-ring (bicyclic) bond motifs is 1. The highest BCUT2D eigenvalue weighted by Crippen LogP contribution is 2.15. The van der Waals surface area contributed by atoms with Crippen molar-refractivity contribution in [2.24, 2.45) is 0 Å². The molecule has 0 saturated heterocycles. The molecule has 20 heavy (non-hydrogen) atoms. The van der Waals surface area contributed by atoms with Crippen molar-refractivity contribution in [1.29, 1.82) is 0 Å². The molecular weight excluding hydrogens is 250 g/mol. The highest BCUT2D eigenvalue weighted by Gasteiger charge is 2.10. The van der Waals surface area contributed by atoms with Crippen molar-refractivity contribution in [3.05, 3.63) is 42.4 Å². The van der Waals surface area contributed by atoms with Gasteiger partial charge in [0.2, 0.25) is 0 Å². The van der Waals surface area contributed by atoms with Gasteiger partial charge >= 0.3 is 0 Å². The number of allylic oxidation sites excluding steroid dienone is 1. The van der Waals surface area contributed by atoms with E-state index in [2.05, 4.69) is 46.1 Å². The molecule has 1 N–H and O–H groups in total. The van der Waals surface area contributed by atoms with Crippen LogP contribution in [0, 0.1) is 6.92 Å². The van der Waals surface area contributed by atoms with Gasteiger partial charge in [-0.2, -0.15) is 0 Å². The molecule has 3 rings (SSSR count). The van der Waals surface area contributed by atoms with Crippen molar-refractivity contribution in [3.8, 4) is 0 Å². The van der Waals surface area contributed by atoms with E-state index in [1.54, 1.807) is 0 Å². The molecule has 106 valence electrons. The van der Waals surface area contributed by atoms with Gasteiger partial charge in [0.1, 0.15) is 11.9 Å². The maximum atomic E-state index is 5.55. The Morgan fingerprint density at radius 3 is 3.15 bits per heavy atom. The van der Waals surface area contributed by atoms with Gasteiger partial charge in [-0.1, -0.05) is 12.1 Å². The highest BCUT2D eigenvalue weighted by atomic mass is 16.5. The van der Waals surface area contributed by atoms with Crippen molar-refractivity contribution in [2.45, 2.75) is 32.4 Å². The Morgan fingerprint density at radius 1 is 1.40 bits per heavy atom. The summed E-state index contributed by atoms with van der Waals surface area (Å²) in [6, 6.07) is 8.29. The van der Waals surface area contributed by atoms with Gasteiger partial charge in [0, 0.05) is 19.6 Å². The number of para-hydroxylation sites is 2. The van der Waals surface area contributed by atoms with E-state index >= 15 is 0 Å². The SMILES string of the molecule is Cc1nc2ccccc2n1CCNC[C@@H]1CCC=CO1. The van der Waals surface area contributed by atoms with Gasteiger partial charge in [-0.25, -0.2) is 4.98 Å². The molecule has 0 radical (unpaired) electrons. The van der Waals surface area contributed by atoms with E-state index < -0.39 is 0 Å². The number of benzene rings is 1. The molecule has 0 fully saturated rings. The molecule has 1 aromatic heterocycles. The van der Waals surface area contributed by atoms with Crippen LogP contribution in [0.4, 0.5) is 0 Å². The van der Waals surface area contributed by atoms with Gasteiger partial charge in [-0.3, -0.25) is 0 Å². The van der Waals surface area contributed by atoms with E-state index in [-0.39, 0.29) is 0 Å². The van der Waals surface area contributed by atoms with Crippen molar-refractivity contribution in [3.63, 3.8) is 0 Å². The molecule has 4 nitrogen and oxygen atoms in total. The number of nitrogens with zero attached hydrogens (tertiary/aromatic N) is 2. The average Bonchev–Trinajstić information content (AvgIpc) is 2.80. The summed E-state index contributed by atoms with van der Waals surface area (Å²) in [5.74, 6) is 1.07. The van der Waals surface area contributed by atoms with E-state index in [4.69, 9.17) is 4.74 Å². The van der Waals surface area contributed by atoms with E-state index in [9.17, 15) is 0 Å². The first-order valence-corrected chi connectivity index (χ1v) is 7.27. The zero-order valence-electron chi connectivity index (χ0n) is 11.9. The summed E-state index contributed by atoms with van der Waals surface area (Å²) < 4.78 is 7.81. The van der Waals surface area contributed by atoms with Gasteiger partial charge < -0.3 is 14.6 Å². The lowest BCUT2D eigenvalue weighted by Crippen LogP contribution is -2.31. The molecule has 1 aromatic carbocycles. The molecule has 0 unspecified atom stereocenters. The van der Waals surface area contributed by atoms with Crippen LogP contribution in [-0.4, -0.2) is 28.7 Å². The van der Waals surface area contributed by atoms with Gasteiger partial charge in [0.15, 0.2) is 0 Å². The summed E-state index contributed by atoms with van der Waals surface area (Å²) >= 11 is 0. The second-order valence-electron chi connectivity index (χ2n) is 5.21. The summed E-state index contributed by atoms with van der Waals surface area (Å²) in [6.45, 7) is 4.85. The van der Waals surface area contributed by atoms with E-state index in [0.717, 1.165) is 43.8 Å². The van der Waals surface area contributed by atoms with Crippen LogP contribution in [0.25, 0.3) is 11.0 Å².